The summed E-state index contributed by atoms with van der Waals surface area (Å²) in [5.41, 5.74) is 2.83. The molecule has 0 bridgehead atoms. The van der Waals surface area contributed by atoms with Crippen LogP contribution in [0.5, 0.6) is 5.75 Å². The van der Waals surface area contributed by atoms with Crippen LogP contribution in [-0.4, -0.2) is 16.6 Å². The van der Waals surface area contributed by atoms with E-state index < -0.39 is 0 Å². The van der Waals surface area contributed by atoms with Gasteiger partial charge in [-0.2, -0.15) is 10.2 Å². The summed E-state index contributed by atoms with van der Waals surface area (Å²) < 4.78 is 5.64. The van der Waals surface area contributed by atoms with Gasteiger partial charge in [-0.15, -0.1) is 0 Å². The minimum atomic E-state index is 0.420. The number of ether oxygens (including phenoxy) is 1. The zero-order valence-corrected chi connectivity index (χ0v) is 14.7. The van der Waals surface area contributed by atoms with Gasteiger partial charge in [0, 0.05) is 11.8 Å². The minimum absolute atomic E-state index is 0.420. The lowest BCUT2D eigenvalue weighted by molar-refractivity contribution is 0.342. The first kappa shape index (κ1) is 17.2. The van der Waals surface area contributed by atoms with Gasteiger partial charge in [0.1, 0.15) is 17.6 Å². The van der Waals surface area contributed by atoms with Gasteiger partial charge >= 0.3 is 0 Å². The van der Waals surface area contributed by atoms with E-state index >= 15 is 0 Å². The molecule has 1 aromatic heterocycles. The van der Waals surface area contributed by atoms with E-state index in [9.17, 15) is 5.26 Å². The molecule has 0 amide bonds. The van der Waals surface area contributed by atoms with Gasteiger partial charge in [-0.25, -0.2) is 4.98 Å². The smallest absolute Gasteiger partial charge is 0.229 e. The van der Waals surface area contributed by atoms with Crippen molar-refractivity contribution in [3.63, 3.8) is 0 Å². The van der Waals surface area contributed by atoms with E-state index in [1.165, 1.54) is 0 Å². The molecular formula is C20H19N5O. The van der Waals surface area contributed by atoms with E-state index in [1.807, 2.05) is 62.4 Å². The van der Waals surface area contributed by atoms with Gasteiger partial charge in [0.05, 0.1) is 23.5 Å². The van der Waals surface area contributed by atoms with E-state index in [0.717, 1.165) is 17.1 Å². The molecule has 130 valence electrons. The van der Waals surface area contributed by atoms with Crippen LogP contribution in [0.2, 0.25) is 0 Å². The second-order valence-corrected chi connectivity index (χ2v) is 5.55. The first-order valence-corrected chi connectivity index (χ1v) is 8.30. The Morgan fingerprint density at radius 1 is 1.00 bits per heavy atom. The zero-order valence-electron chi connectivity index (χ0n) is 14.7. The predicted molar refractivity (Wildman–Crippen MR) is 102 cm³/mol. The number of aryl methyl sites for hydroxylation is 1. The maximum absolute atomic E-state index is 9.22. The number of hydrogen-bond donors (Lipinski definition) is 2. The molecule has 0 radical (unpaired) electrons. The normalized spacial score (nSPS) is 10.0. The summed E-state index contributed by atoms with van der Waals surface area (Å²) in [4.78, 5) is 8.90. The number of nitriles is 1. The maximum atomic E-state index is 9.22. The highest BCUT2D eigenvalue weighted by Crippen LogP contribution is 2.27. The Balaban J connectivity index is 1.88. The molecule has 0 saturated carbocycles. The van der Waals surface area contributed by atoms with Gasteiger partial charge in [0.15, 0.2) is 0 Å². The summed E-state index contributed by atoms with van der Waals surface area (Å²) >= 11 is 0. The molecule has 0 saturated heterocycles. The van der Waals surface area contributed by atoms with Crippen molar-refractivity contribution in [1.29, 1.82) is 5.26 Å². The van der Waals surface area contributed by atoms with Crippen molar-refractivity contribution in [3.8, 4) is 11.8 Å². The second-order valence-electron chi connectivity index (χ2n) is 5.55. The molecule has 2 N–H and O–H groups in total. The Hall–Kier alpha value is -3.59. The molecule has 0 unspecified atom stereocenters. The quantitative estimate of drug-likeness (QED) is 0.682. The van der Waals surface area contributed by atoms with Crippen molar-refractivity contribution < 1.29 is 4.74 Å². The number of anilines is 4. The molecule has 0 spiro atoms. The lowest BCUT2D eigenvalue weighted by Gasteiger charge is -2.13. The fourth-order valence-electron chi connectivity index (χ4n) is 2.49. The van der Waals surface area contributed by atoms with Crippen molar-refractivity contribution in [2.24, 2.45) is 0 Å². The van der Waals surface area contributed by atoms with Crippen LogP contribution in [0.15, 0.2) is 54.6 Å². The minimum Gasteiger partial charge on any atom is -0.492 e. The molecule has 3 aromatic rings. The monoisotopic (exact) mass is 345 g/mol. The van der Waals surface area contributed by atoms with Crippen LogP contribution in [0.1, 0.15) is 18.2 Å². The van der Waals surface area contributed by atoms with Crippen LogP contribution in [0, 0.1) is 18.3 Å². The number of rotatable bonds is 6. The molecule has 1 heterocycles. The summed E-state index contributed by atoms with van der Waals surface area (Å²) in [6.07, 6.45) is 0. The highest BCUT2D eigenvalue weighted by molar-refractivity contribution is 5.67. The average molecular weight is 345 g/mol. The van der Waals surface area contributed by atoms with Crippen molar-refractivity contribution in [2.45, 2.75) is 13.8 Å². The molecule has 6 heteroatoms. The van der Waals surface area contributed by atoms with Crippen molar-refractivity contribution in [1.82, 2.24) is 9.97 Å². The van der Waals surface area contributed by atoms with Crippen molar-refractivity contribution in [2.75, 3.05) is 17.2 Å². The molecule has 0 atom stereocenters. The van der Waals surface area contributed by atoms with Crippen LogP contribution in [0.3, 0.4) is 0 Å². The number of nitrogens with one attached hydrogen (secondary N) is 2. The van der Waals surface area contributed by atoms with Gasteiger partial charge in [-0.05, 0) is 38.1 Å². The van der Waals surface area contributed by atoms with E-state index in [2.05, 4.69) is 26.7 Å². The number of benzene rings is 2. The average Bonchev–Trinajstić information content (AvgIpc) is 2.63. The summed E-state index contributed by atoms with van der Waals surface area (Å²) in [6, 6.07) is 18.9. The first-order valence-electron chi connectivity index (χ1n) is 8.30. The highest BCUT2D eigenvalue weighted by atomic mass is 16.5. The fraction of sp³-hybridized carbons (Fsp3) is 0.150. The molecule has 6 nitrogen and oxygen atoms in total. The fourth-order valence-corrected chi connectivity index (χ4v) is 2.49. The molecular weight excluding hydrogens is 326 g/mol. The number of nitrogens with zero attached hydrogens (tertiary/aromatic N) is 3. The zero-order chi connectivity index (χ0) is 18.4. The summed E-state index contributed by atoms with van der Waals surface area (Å²) in [7, 11) is 0. The van der Waals surface area contributed by atoms with Crippen LogP contribution in [-0.2, 0) is 0 Å². The molecule has 26 heavy (non-hydrogen) atoms. The molecule has 2 aromatic carbocycles. The number of aromatic nitrogens is 2. The predicted octanol–water partition coefficient (Wildman–Crippen LogP) is 4.54. The third-order valence-electron chi connectivity index (χ3n) is 3.60. The van der Waals surface area contributed by atoms with Crippen molar-refractivity contribution >= 4 is 23.1 Å². The molecule has 3 rings (SSSR count). The topological polar surface area (TPSA) is 82.9 Å². The summed E-state index contributed by atoms with van der Waals surface area (Å²) in [6.45, 7) is 4.42. The lowest BCUT2D eigenvalue weighted by atomic mass is 10.2. The van der Waals surface area contributed by atoms with Crippen LogP contribution < -0.4 is 15.4 Å². The molecule has 0 aliphatic heterocycles. The molecule has 0 aliphatic rings. The lowest BCUT2D eigenvalue weighted by Crippen LogP contribution is -2.04. The SMILES string of the molecule is CCOc1ccccc1Nc1cc(C)nc(Nc2ccccc2C#N)n1. The van der Waals surface area contributed by atoms with E-state index in [4.69, 9.17) is 4.74 Å². The summed E-state index contributed by atoms with van der Waals surface area (Å²) in [5, 5.41) is 15.6. The van der Waals surface area contributed by atoms with E-state index in [0.29, 0.717) is 29.6 Å². The highest BCUT2D eigenvalue weighted by Gasteiger charge is 2.08. The summed E-state index contributed by atoms with van der Waals surface area (Å²) in [5.74, 6) is 1.82. The Labute approximate surface area is 152 Å². The standard InChI is InChI=1S/C20H19N5O/c1-3-26-18-11-7-6-10-17(18)23-19-12-14(2)22-20(25-19)24-16-9-5-4-8-15(16)13-21/h4-12H,3H2,1-2H3,(H2,22,23,24,25). The number of para-hydroxylation sites is 3. The Kier molecular flexibility index (Phi) is 5.30. The molecule has 0 aliphatic carbocycles. The van der Waals surface area contributed by atoms with Gasteiger partial charge in [0.2, 0.25) is 5.95 Å². The van der Waals surface area contributed by atoms with Gasteiger partial charge in [0.25, 0.3) is 0 Å². The first-order chi connectivity index (χ1) is 12.7. The van der Waals surface area contributed by atoms with Crippen LogP contribution in [0.4, 0.5) is 23.1 Å². The van der Waals surface area contributed by atoms with E-state index in [-0.39, 0.29) is 0 Å². The van der Waals surface area contributed by atoms with Gasteiger partial charge in [-0.1, -0.05) is 24.3 Å². The third-order valence-corrected chi connectivity index (χ3v) is 3.60. The molecule has 0 fully saturated rings. The van der Waals surface area contributed by atoms with E-state index in [1.54, 1.807) is 6.07 Å². The second kappa shape index (κ2) is 7.99. The van der Waals surface area contributed by atoms with Gasteiger partial charge < -0.3 is 15.4 Å². The van der Waals surface area contributed by atoms with Crippen LogP contribution >= 0.6 is 0 Å². The Bertz CT molecular complexity index is 949. The largest absolute Gasteiger partial charge is 0.492 e. The van der Waals surface area contributed by atoms with Crippen molar-refractivity contribution in [3.05, 3.63) is 65.9 Å². The van der Waals surface area contributed by atoms with Crippen LogP contribution in [0.25, 0.3) is 0 Å². The third kappa shape index (κ3) is 4.08. The maximum Gasteiger partial charge on any atom is 0.229 e. The number of hydrogen-bond acceptors (Lipinski definition) is 6. The Morgan fingerprint density at radius 2 is 1.73 bits per heavy atom. The Morgan fingerprint density at radius 3 is 2.50 bits per heavy atom. The van der Waals surface area contributed by atoms with Gasteiger partial charge in [-0.3, -0.25) is 0 Å².